The summed E-state index contributed by atoms with van der Waals surface area (Å²) in [7, 11) is 1.89. The molecule has 0 spiro atoms. The van der Waals surface area contributed by atoms with E-state index in [-0.39, 0.29) is 5.91 Å². The number of aryl methyl sites for hydroxylation is 3. The lowest BCUT2D eigenvalue weighted by molar-refractivity contribution is 0.0950. The van der Waals surface area contributed by atoms with Gasteiger partial charge in [0.05, 0.1) is 6.20 Å². The van der Waals surface area contributed by atoms with Crippen LogP contribution in [0.3, 0.4) is 0 Å². The van der Waals surface area contributed by atoms with Gasteiger partial charge in [0.2, 0.25) is 0 Å². The molecule has 1 heterocycles. The maximum atomic E-state index is 12.5. The molecule has 3 rings (SSSR count). The van der Waals surface area contributed by atoms with Gasteiger partial charge in [-0.1, -0.05) is 29.8 Å². The van der Waals surface area contributed by atoms with E-state index in [2.05, 4.69) is 23.4 Å². The smallest absolute Gasteiger partial charge is 0.251 e. The SMILES string of the molecule is Cc1ccc(OCc2cccc(C(=O)NCc3cnn(C)c3C)c2)c(C)c1. The van der Waals surface area contributed by atoms with Crippen molar-refractivity contribution >= 4 is 5.91 Å². The van der Waals surface area contributed by atoms with Crippen molar-refractivity contribution in [2.45, 2.75) is 33.9 Å². The third-order valence-electron chi connectivity index (χ3n) is 4.69. The second-order valence-corrected chi connectivity index (χ2v) is 6.82. The molecule has 0 aliphatic carbocycles. The van der Waals surface area contributed by atoms with Gasteiger partial charge < -0.3 is 10.1 Å². The number of aromatic nitrogens is 2. The lowest BCUT2D eigenvalue weighted by Crippen LogP contribution is -2.23. The van der Waals surface area contributed by atoms with Crippen molar-refractivity contribution in [2.24, 2.45) is 7.05 Å². The van der Waals surface area contributed by atoms with Crippen molar-refractivity contribution < 1.29 is 9.53 Å². The average molecular weight is 363 g/mol. The molecule has 0 aliphatic heterocycles. The van der Waals surface area contributed by atoms with E-state index in [0.29, 0.717) is 18.7 Å². The zero-order valence-electron chi connectivity index (χ0n) is 16.2. The standard InChI is InChI=1S/C22H25N3O2/c1-15-8-9-21(16(2)10-15)27-14-18-6-5-7-19(11-18)22(26)23-12-20-13-24-25(4)17(20)3/h5-11,13H,12,14H2,1-4H3,(H,23,26). The van der Waals surface area contributed by atoms with E-state index in [1.54, 1.807) is 10.9 Å². The summed E-state index contributed by atoms with van der Waals surface area (Å²) in [5.41, 5.74) is 5.96. The maximum Gasteiger partial charge on any atom is 0.251 e. The molecule has 140 valence electrons. The Labute approximate surface area is 160 Å². The van der Waals surface area contributed by atoms with E-state index < -0.39 is 0 Å². The van der Waals surface area contributed by atoms with E-state index in [9.17, 15) is 4.79 Å². The molecule has 0 saturated carbocycles. The van der Waals surface area contributed by atoms with Crippen molar-refractivity contribution in [3.05, 3.63) is 82.2 Å². The lowest BCUT2D eigenvalue weighted by atomic mass is 10.1. The Morgan fingerprint density at radius 3 is 2.67 bits per heavy atom. The Bertz CT molecular complexity index is 960. The molecule has 0 aliphatic rings. The predicted molar refractivity (Wildman–Crippen MR) is 106 cm³/mol. The average Bonchev–Trinajstić information content (AvgIpc) is 2.97. The number of ether oxygens (including phenoxy) is 1. The van der Waals surface area contributed by atoms with Crippen LogP contribution < -0.4 is 10.1 Å². The summed E-state index contributed by atoms with van der Waals surface area (Å²) >= 11 is 0. The predicted octanol–water partition coefficient (Wildman–Crippen LogP) is 3.85. The molecule has 3 aromatic rings. The first-order chi connectivity index (χ1) is 12.9. The topological polar surface area (TPSA) is 56.1 Å². The Morgan fingerprint density at radius 1 is 1.15 bits per heavy atom. The molecular weight excluding hydrogens is 338 g/mol. The molecule has 5 heteroatoms. The van der Waals surface area contributed by atoms with Crippen molar-refractivity contribution in [1.29, 1.82) is 0 Å². The van der Waals surface area contributed by atoms with Crippen LogP contribution in [0.2, 0.25) is 0 Å². The number of nitrogens with zero attached hydrogens (tertiary/aromatic N) is 2. The van der Waals surface area contributed by atoms with Gasteiger partial charge in [0, 0.05) is 30.4 Å². The number of carbonyl (C=O) groups is 1. The second-order valence-electron chi connectivity index (χ2n) is 6.82. The van der Waals surface area contributed by atoms with Gasteiger partial charge in [-0.25, -0.2) is 0 Å². The zero-order valence-corrected chi connectivity index (χ0v) is 16.2. The molecule has 0 bridgehead atoms. The van der Waals surface area contributed by atoms with Crippen LogP contribution in [0.1, 0.15) is 38.3 Å². The summed E-state index contributed by atoms with van der Waals surface area (Å²) in [6.45, 7) is 6.96. The van der Waals surface area contributed by atoms with Crippen molar-refractivity contribution in [1.82, 2.24) is 15.1 Å². The highest BCUT2D eigenvalue weighted by Gasteiger charge is 2.09. The highest BCUT2D eigenvalue weighted by molar-refractivity contribution is 5.94. The quantitative estimate of drug-likeness (QED) is 0.724. The fourth-order valence-corrected chi connectivity index (χ4v) is 2.92. The van der Waals surface area contributed by atoms with Crippen molar-refractivity contribution in [3.63, 3.8) is 0 Å². The van der Waals surface area contributed by atoms with E-state index in [1.165, 1.54) is 5.56 Å². The molecule has 0 fully saturated rings. The number of nitrogens with one attached hydrogen (secondary N) is 1. The van der Waals surface area contributed by atoms with Crippen molar-refractivity contribution in [2.75, 3.05) is 0 Å². The lowest BCUT2D eigenvalue weighted by Gasteiger charge is -2.11. The molecule has 0 saturated heterocycles. The summed E-state index contributed by atoms with van der Waals surface area (Å²) in [6.07, 6.45) is 1.78. The van der Waals surface area contributed by atoms with Gasteiger partial charge in [0.25, 0.3) is 5.91 Å². The molecule has 0 radical (unpaired) electrons. The van der Waals surface area contributed by atoms with Crippen molar-refractivity contribution in [3.8, 4) is 5.75 Å². The van der Waals surface area contributed by atoms with E-state index in [1.807, 2.05) is 57.3 Å². The van der Waals surface area contributed by atoms with Gasteiger partial charge >= 0.3 is 0 Å². The highest BCUT2D eigenvalue weighted by atomic mass is 16.5. The molecule has 1 amide bonds. The Kier molecular flexibility index (Phi) is 5.60. The number of amides is 1. The summed E-state index contributed by atoms with van der Waals surface area (Å²) in [6, 6.07) is 13.6. The molecule has 5 nitrogen and oxygen atoms in total. The molecule has 1 aromatic heterocycles. The van der Waals surface area contributed by atoms with Gasteiger partial charge in [0.1, 0.15) is 12.4 Å². The van der Waals surface area contributed by atoms with Crippen LogP contribution in [-0.2, 0) is 20.2 Å². The van der Waals surface area contributed by atoms with Crippen LogP contribution in [0.5, 0.6) is 5.75 Å². The molecule has 2 aromatic carbocycles. The first kappa shape index (κ1) is 18.7. The van der Waals surface area contributed by atoms with Gasteiger partial charge in [-0.15, -0.1) is 0 Å². The third-order valence-corrected chi connectivity index (χ3v) is 4.69. The Balaban J connectivity index is 1.62. The van der Waals surface area contributed by atoms with E-state index in [0.717, 1.165) is 28.1 Å². The van der Waals surface area contributed by atoms with E-state index in [4.69, 9.17) is 4.74 Å². The highest BCUT2D eigenvalue weighted by Crippen LogP contribution is 2.20. The minimum absolute atomic E-state index is 0.105. The monoisotopic (exact) mass is 363 g/mol. The van der Waals surface area contributed by atoms with E-state index >= 15 is 0 Å². The minimum Gasteiger partial charge on any atom is -0.489 e. The number of carbonyl (C=O) groups excluding carboxylic acids is 1. The molecule has 0 unspecified atom stereocenters. The first-order valence-corrected chi connectivity index (χ1v) is 8.98. The van der Waals surface area contributed by atoms with Crippen LogP contribution in [0.4, 0.5) is 0 Å². The fraction of sp³-hybridized carbons (Fsp3) is 0.273. The van der Waals surface area contributed by atoms with Gasteiger partial charge in [0.15, 0.2) is 0 Å². The minimum atomic E-state index is -0.105. The normalized spacial score (nSPS) is 10.7. The van der Waals surface area contributed by atoms with Gasteiger partial charge in [-0.2, -0.15) is 5.10 Å². The van der Waals surface area contributed by atoms with Gasteiger partial charge in [-0.3, -0.25) is 9.48 Å². The first-order valence-electron chi connectivity index (χ1n) is 8.98. The number of hydrogen-bond donors (Lipinski definition) is 1. The van der Waals surface area contributed by atoms with Crippen LogP contribution in [0.15, 0.2) is 48.7 Å². The molecular formula is C22H25N3O2. The van der Waals surface area contributed by atoms with Crippen LogP contribution >= 0.6 is 0 Å². The largest absolute Gasteiger partial charge is 0.489 e. The summed E-state index contributed by atoms with van der Waals surface area (Å²) < 4.78 is 7.72. The number of hydrogen-bond acceptors (Lipinski definition) is 3. The number of benzene rings is 2. The Hall–Kier alpha value is -3.08. The third kappa shape index (κ3) is 4.56. The number of rotatable bonds is 6. The summed E-state index contributed by atoms with van der Waals surface area (Å²) in [5, 5.41) is 7.15. The van der Waals surface area contributed by atoms with Crippen LogP contribution in [0.25, 0.3) is 0 Å². The van der Waals surface area contributed by atoms with Gasteiger partial charge in [-0.05, 0) is 50.1 Å². The van der Waals surface area contributed by atoms with Crippen LogP contribution in [0, 0.1) is 20.8 Å². The summed E-state index contributed by atoms with van der Waals surface area (Å²) in [4.78, 5) is 12.5. The Morgan fingerprint density at radius 2 is 1.96 bits per heavy atom. The molecule has 27 heavy (non-hydrogen) atoms. The summed E-state index contributed by atoms with van der Waals surface area (Å²) in [5.74, 6) is 0.758. The second kappa shape index (κ2) is 8.08. The maximum absolute atomic E-state index is 12.5. The fourth-order valence-electron chi connectivity index (χ4n) is 2.92. The molecule has 1 N–H and O–H groups in total. The zero-order chi connectivity index (χ0) is 19.4. The molecule has 0 atom stereocenters. The van der Waals surface area contributed by atoms with Crippen LogP contribution in [-0.4, -0.2) is 15.7 Å².